The highest BCUT2D eigenvalue weighted by Gasteiger charge is 2.24. The van der Waals surface area contributed by atoms with Crippen molar-refractivity contribution in [3.8, 4) is 0 Å². The number of nitrogens with zero attached hydrogens (tertiary/aromatic N) is 2. The third kappa shape index (κ3) is 3.29. The van der Waals surface area contributed by atoms with Gasteiger partial charge in [-0.2, -0.15) is 0 Å². The summed E-state index contributed by atoms with van der Waals surface area (Å²) in [6, 6.07) is 17.3. The van der Waals surface area contributed by atoms with Crippen molar-refractivity contribution in [3.05, 3.63) is 65.4 Å². The Balaban J connectivity index is 2.15. The summed E-state index contributed by atoms with van der Waals surface area (Å²) in [6.07, 6.45) is 0.0826. The van der Waals surface area contributed by atoms with Crippen LogP contribution in [0.3, 0.4) is 0 Å². The minimum atomic E-state index is -0.0673. The summed E-state index contributed by atoms with van der Waals surface area (Å²) in [4.78, 5) is 2.12. The summed E-state index contributed by atoms with van der Waals surface area (Å²) < 4.78 is 8.66. The van der Waals surface area contributed by atoms with Crippen LogP contribution in [0.5, 0.6) is 0 Å². The first-order valence-corrected chi connectivity index (χ1v) is 8.86. The lowest BCUT2D eigenvalue weighted by atomic mass is 9.98. The maximum absolute atomic E-state index is 6.40. The van der Waals surface area contributed by atoms with Crippen LogP contribution < -0.4 is 4.90 Å². The quantitative estimate of drug-likeness (QED) is 0.647. The summed E-state index contributed by atoms with van der Waals surface area (Å²) >= 11 is 0. The van der Waals surface area contributed by atoms with Crippen LogP contribution in [0.1, 0.15) is 36.8 Å². The van der Waals surface area contributed by atoms with E-state index in [-0.39, 0.29) is 12.2 Å². The number of hydrogen-bond donors (Lipinski definition) is 0. The van der Waals surface area contributed by atoms with Crippen molar-refractivity contribution in [2.45, 2.75) is 33.0 Å². The zero-order valence-corrected chi connectivity index (χ0v) is 16.1. The molecule has 3 aromatic rings. The summed E-state index contributed by atoms with van der Waals surface area (Å²) in [7, 11) is 6.25. The number of fused-ring (bicyclic) bond motifs is 1. The zero-order valence-electron chi connectivity index (χ0n) is 16.1. The Morgan fingerprint density at radius 2 is 1.60 bits per heavy atom. The van der Waals surface area contributed by atoms with E-state index in [9.17, 15) is 0 Å². The molecule has 0 saturated carbocycles. The summed E-state index contributed by atoms with van der Waals surface area (Å²) in [5.41, 5.74) is 6.16. The molecule has 0 N–H and O–H groups in total. The van der Waals surface area contributed by atoms with Gasteiger partial charge in [0, 0.05) is 49.0 Å². The highest BCUT2D eigenvalue weighted by molar-refractivity contribution is 5.86. The third-order valence-electron chi connectivity index (χ3n) is 4.83. The molecule has 132 valence electrons. The molecule has 3 heteroatoms. The monoisotopic (exact) mass is 336 g/mol. The molecule has 0 spiro atoms. The van der Waals surface area contributed by atoms with Crippen molar-refractivity contribution in [1.29, 1.82) is 0 Å². The average Bonchev–Trinajstić information content (AvgIpc) is 2.84. The Kier molecular flexibility index (Phi) is 4.87. The fourth-order valence-corrected chi connectivity index (χ4v) is 3.41. The van der Waals surface area contributed by atoms with Gasteiger partial charge in [0.05, 0.1) is 6.10 Å². The van der Waals surface area contributed by atoms with E-state index in [1.807, 2.05) is 0 Å². The normalized spacial score (nSPS) is 12.8. The number of anilines is 1. The van der Waals surface area contributed by atoms with Crippen LogP contribution in [0, 0.1) is 6.92 Å². The number of para-hydroxylation sites is 1. The highest BCUT2D eigenvalue weighted by atomic mass is 16.5. The summed E-state index contributed by atoms with van der Waals surface area (Å²) in [5, 5.41) is 1.27. The van der Waals surface area contributed by atoms with Crippen molar-refractivity contribution < 1.29 is 4.74 Å². The largest absolute Gasteiger partial charge is 0.378 e. The Hall–Kier alpha value is -2.26. The molecule has 0 fully saturated rings. The van der Waals surface area contributed by atoms with Gasteiger partial charge in [-0.05, 0) is 44.5 Å². The predicted molar refractivity (Wildman–Crippen MR) is 106 cm³/mol. The maximum atomic E-state index is 6.40. The molecule has 1 atom stereocenters. The second-order valence-corrected chi connectivity index (χ2v) is 7.13. The van der Waals surface area contributed by atoms with Gasteiger partial charge in [0.1, 0.15) is 6.10 Å². The van der Waals surface area contributed by atoms with E-state index in [0.717, 1.165) is 0 Å². The molecule has 1 unspecified atom stereocenters. The Labute approximate surface area is 150 Å². The van der Waals surface area contributed by atoms with Crippen molar-refractivity contribution in [2.24, 2.45) is 7.05 Å². The molecule has 2 aromatic carbocycles. The first-order chi connectivity index (χ1) is 11.9. The minimum Gasteiger partial charge on any atom is -0.378 e. The molecule has 0 radical (unpaired) electrons. The van der Waals surface area contributed by atoms with Gasteiger partial charge >= 0.3 is 0 Å². The molecule has 0 aliphatic carbocycles. The van der Waals surface area contributed by atoms with Crippen LogP contribution in [0.25, 0.3) is 10.9 Å². The van der Waals surface area contributed by atoms with E-state index >= 15 is 0 Å². The first kappa shape index (κ1) is 17.6. The number of aromatic nitrogens is 1. The van der Waals surface area contributed by atoms with E-state index in [1.54, 1.807) is 0 Å². The molecule has 1 heterocycles. The van der Waals surface area contributed by atoms with E-state index in [0.29, 0.717) is 0 Å². The maximum Gasteiger partial charge on any atom is 0.110 e. The van der Waals surface area contributed by atoms with Gasteiger partial charge in [-0.25, -0.2) is 0 Å². The van der Waals surface area contributed by atoms with Crippen molar-refractivity contribution >= 4 is 16.6 Å². The van der Waals surface area contributed by atoms with Gasteiger partial charge in [-0.3, -0.25) is 0 Å². The topological polar surface area (TPSA) is 17.4 Å². The fourth-order valence-electron chi connectivity index (χ4n) is 3.41. The van der Waals surface area contributed by atoms with Crippen LogP contribution in [0.2, 0.25) is 0 Å². The van der Waals surface area contributed by atoms with E-state index in [4.69, 9.17) is 4.74 Å². The Bertz CT molecular complexity index is 860. The lowest BCUT2D eigenvalue weighted by Crippen LogP contribution is -2.14. The molecule has 1 aromatic heterocycles. The number of hydrogen-bond acceptors (Lipinski definition) is 2. The molecule has 3 rings (SSSR count). The van der Waals surface area contributed by atoms with Gasteiger partial charge in [-0.1, -0.05) is 30.3 Å². The van der Waals surface area contributed by atoms with Gasteiger partial charge in [0.2, 0.25) is 0 Å². The van der Waals surface area contributed by atoms with Crippen LogP contribution in [0.4, 0.5) is 5.69 Å². The molecule has 0 aliphatic rings. The third-order valence-corrected chi connectivity index (χ3v) is 4.83. The SMILES string of the molecule is Cc1c(C(OC(C)C)c2ccc(N(C)C)cc2)c2ccccc2n1C. The van der Waals surface area contributed by atoms with Crippen molar-refractivity contribution in [1.82, 2.24) is 4.57 Å². The standard InChI is InChI=1S/C22H28N2O/c1-15(2)25-22(17-11-13-18(14-12-17)23(4)5)21-16(3)24(6)20-10-8-7-9-19(20)21/h7-15,22H,1-6H3. The molecule has 0 bridgehead atoms. The van der Waals surface area contributed by atoms with Gasteiger partial charge < -0.3 is 14.2 Å². The molecular weight excluding hydrogens is 308 g/mol. The minimum absolute atomic E-state index is 0.0673. The molecule has 3 nitrogen and oxygen atoms in total. The van der Waals surface area contributed by atoms with Crippen LogP contribution in [-0.4, -0.2) is 24.8 Å². The summed E-state index contributed by atoms with van der Waals surface area (Å²) in [5.74, 6) is 0. The Morgan fingerprint density at radius 1 is 0.960 bits per heavy atom. The first-order valence-electron chi connectivity index (χ1n) is 8.86. The smallest absolute Gasteiger partial charge is 0.110 e. The summed E-state index contributed by atoms with van der Waals surface area (Å²) in [6.45, 7) is 6.38. The number of aryl methyl sites for hydroxylation is 1. The Morgan fingerprint density at radius 3 is 2.20 bits per heavy atom. The highest BCUT2D eigenvalue weighted by Crippen LogP contribution is 2.37. The number of benzene rings is 2. The average molecular weight is 336 g/mol. The van der Waals surface area contributed by atoms with E-state index in [1.165, 1.54) is 33.4 Å². The van der Waals surface area contributed by atoms with E-state index in [2.05, 4.69) is 99.9 Å². The lowest BCUT2D eigenvalue weighted by molar-refractivity contribution is 0.0307. The molecule has 0 amide bonds. The molecular formula is C22H28N2O. The zero-order chi connectivity index (χ0) is 18.1. The van der Waals surface area contributed by atoms with E-state index < -0.39 is 0 Å². The van der Waals surface area contributed by atoms with Gasteiger partial charge in [-0.15, -0.1) is 0 Å². The van der Waals surface area contributed by atoms with Crippen LogP contribution in [0.15, 0.2) is 48.5 Å². The van der Waals surface area contributed by atoms with Crippen molar-refractivity contribution in [3.63, 3.8) is 0 Å². The van der Waals surface area contributed by atoms with Gasteiger partial charge in [0.25, 0.3) is 0 Å². The molecule has 0 aliphatic heterocycles. The second kappa shape index (κ2) is 6.93. The van der Waals surface area contributed by atoms with Crippen LogP contribution in [-0.2, 0) is 11.8 Å². The molecule has 25 heavy (non-hydrogen) atoms. The predicted octanol–water partition coefficient (Wildman–Crippen LogP) is 5.07. The van der Waals surface area contributed by atoms with Crippen LogP contribution >= 0.6 is 0 Å². The second-order valence-electron chi connectivity index (χ2n) is 7.13. The molecule has 0 saturated heterocycles. The van der Waals surface area contributed by atoms with Crippen molar-refractivity contribution in [2.75, 3.05) is 19.0 Å². The number of ether oxygens (including phenoxy) is 1. The lowest BCUT2D eigenvalue weighted by Gasteiger charge is -2.23. The van der Waals surface area contributed by atoms with Gasteiger partial charge in [0.15, 0.2) is 0 Å². The number of rotatable bonds is 5. The fraction of sp³-hybridized carbons (Fsp3) is 0.364.